The van der Waals surface area contributed by atoms with Gasteiger partial charge in [-0.25, -0.2) is 13.2 Å². The van der Waals surface area contributed by atoms with Gasteiger partial charge in [-0.15, -0.1) is 6.58 Å². The SMILES string of the molecule is C=CCCn1cc(C(=O)NCc2cccc(C(F)F)c2F)c(N)cc1=O. The van der Waals surface area contributed by atoms with Crippen LogP contribution >= 0.6 is 0 Å². The zero-order chi connectivity index (χ0) is 19.3. The first-order chi connectivity index (χ1) is 12.3. The zero-order valence-corrected chi connectivity index (χ0v) is 13.8. The van der Waals surface area contributed by atoms with E-state index in [-0.39, 0.29) is 28.9 Å². The number of carbonyl (C=O) groups excluding carboxylic acids is 1. The van der Waals surface area contributed by atoms with E-state index in [0.29, 0.717) is 13.0 Å². The van der Waals surface area contributed by atoms with E-state index in [2.05, 4.69) is 11.9 Å². The van der Waals surface area contributed by atoms with Crippen LogP contribution in [0, 0.1) is 5.82 Å². The highest BCUT2D eigenvalue weighted by atomic mass is 19.3. The topological polar surface area (TPSA) is 77.1 Å². The number of aryl methyl sites for hydroxylation is 1. The van der Waals surface area contributed by atoms with Crippen molar-refractivity contribution in [1.29, 1.82) is 0 Å². The number of pyridine rings is 1. The number of nitrogens with two attached hydrogens (primary N) is 1. The summed E-state index contributed by atoms with van der Waals surface area (Å²) in [6.07, 6.45) is 0.509. The van der Waals surface area contributed by atoms with Crippen molar-refractivity contribution in [2.45, 2.75) is 25.9 Å². The van der Waals surface area contributed by atoms with Gasteiger partial charge in [0.1, 0.15) is 5.82 Å². The van der Waals surface area contributed by atoms with Crippen LogP contribution < -0.4 is 16.6 Å². The molecule has 0 atom stereocenters. The van der Waals surface area contributed by atoms with Crippen LogP contribution in [0.3, 0.4) is 0 Å². The summed E-state index contributed by atoms with van der Waals surface area (Å²) in [6, 6.07) is 4.69. The van der Waals surface area contributed by atoms with E-state index < -0.39 is 23.7 Å². The van der Waals surface area contributed by atoms with Crippen LogP contribution in [-0.4, -0.2) is 10.5 Å². The molecule has 1 aromatic heterocycles. The Hall–Kier alpha value is -3.03. The van der Waals surface area contributed by atoms with Crippen LogP contribution in [-0.2, 0) is 13.1 Å². The number of anilines is 1. The molecule has 2 aromatic rings. The molecule has 0 spiro atoms. The smallest absolute Gasteiger partial charge is 0.266 e. The molecule has 1 aromatic carbocycles. The Balaban J connectivity index is 2.19. The van der Waals surface area contributed by atoms with Crippen LogP contribution in [0.1, 0.15) is 34.3 Å². The van der Waals surface area contributed by atoms with E-state index in [1.165, 1.54) is 22.9 Å². The Morgan fingerprint density at radius 1 is 1.38 bits per heavy atom. The molecule has 5 nitrogen and oxygen atoms in total. The highest BCUT2D eigenvalue weighted by Gasteiger charge is 2.17. The maximum atomic E-state index is 14.0. The number of benzene rings is 1. The second kappa shape index (κ2) is 8.37. The number of halogens is 3. The van der Waals surface area contributed by atoms with Crippen molar-refractivity contribution < 1.29 is 18.0 Å². The molecule has 138 valence electrons. The number of rotatable bonds is 7. The molecule has 8 heteroatoms. The normalized spacial score (nSPS) is 10.8. The first kappa shape index (κ1) is 19.3. The summed E-state index contributed by atoms with van der Waals surface area (Å²) in [6.45, 7) is 3.60. The van der Waals surface area contributed by atoms with Gasteiger partial charge in [-0.2, -0.15) is 0 Å². The highest BCUT2D eigenvalue weighted by Crippen LogP contribution is 2.24. The van der Waals surface area contributed by atoms with E-state index in [4.69, 9.17) is 5.73 Å². The molecule has 0 unspecified atom stereocenters. The minimum Gasteiger partial charge on any atom is -0.398 e. The molecule has 2 rings (SSSR count). The summed E-state index contributed by atoms with van der Waals surface area (Å²) in [4.78, 5) is 24.2. The summed E-state index contributed by atoms with van der Waals surface area (Å²) in [5.74, 6) is -1.71. The van der Waals surface area contributed by atoms with Crippen molar-refractivity contribution in [3.8, 4) is 0 Å². The fraction of sp³-hybridized carbons (Fsp3) is 0.222. The third-order valence-electron chi connectivity index (χ3n) is 3.76. The lowest BCUT2D eigenvalue weighted by Crippen LogP contribution is -2.28. The second-order valence-corrected chi connectivity index (χ2v) is 5.56. The molecule has 0 saturated carbocycles. The highest BCUT2D eigenvalue weighted by molar-refractivity contribution is 5.98. The Kier molecular flexibility index (Phi) is 6.21. The number of hydrogen-bond donors (Lipinski definition) is 2. The fourth-order valence-corrected chi connectivity index (χ4v) is 2.36. The lowest BCUT2D eigenvalue weighted by atomic mass is 10.1. The molecule has 0 bridgehead atoms. The lowest BCUT2D eigenvalue weighted by Gasteiger charge is -2.12. The van der Waals surface area contributed by atoms with Gasteiger partial charge in [0.05, 0.1) is 16.8 Å². The zero-order valence-electron chi connectivity index (χ0n) is 13.8. The molecule has 0 aliphatic rings. The fourth-order valence-electron chi connectivity index (χ4n) is 2.36. The molecule has 0 saturated heterocycles. The molecule has 1 heterocycles. The number of nitrogens with one attached hydrogen (secondary N) is 1. The van der Waals surface area contributed by atoms with Crippen LogP contribution in [0.15, 0.2) is 47.9 Å². The number of allylic oxidation sites excluding steroid dienone is 1. The van der Waals surface area contributed by atoms with Gasteiger partial charge in [-0.05, 0) is 6.42 Å². The average molecular weight is 365 g/mol. The van der Waals surface area contributed by atoms with E-state index in [1.54, 1.807) is 6.08 Å². The van der Waals surface area contributed by atoms with Crippen molar-refractivity contribution >= 4 is 11.6 Å². The minimum atomic E-state index is -2.95. The maximum absolute atomic E-state index is 14.0. The standard InChI is InChI=1S/C18H18F3N3O2/c1-2-3-7-24-10-13(14(22)8-15(24)25)18(26)23-9-11-5-4-6-12(16(11)19)17(20)21/h2,4-6,8,10,17H,1,3,7,9,22H2,(H,23,26). The summed E-state index contributed by atoms with van der Waals surface area (Å²) >= 11 is 0. The van der Waals surface area contributed by atoms with Gasteiger partial charge in [0.25, 0.3) is 17.9 Å². The third-order valence-corrected chi connectivity index (χ3v) is 3.76. The Morgan fingerprint density at radius 2 is 2.12 bits per heavy atom. The first-order valence-corrected chi connectivity index (χ1v) is 7.79. The quantitative estimate of drug-likeness (QED) is 0.741. The number of amides is 1. The van der Waals surface area contributed by atoms with Gasteiger partial charge in [-0.3, -0.25) is 9.59 Å². The van der Waals surface area contributed by atoms with Crippen LogP contribution in [0.5, 0.6) is 0 Å². The molecule has 0 aliphatic carbocycles. The Bertz CT molecular complexity index is 878. The minimum absolute atomic E-state index is 0.0239. The molecule has 1 amide bonds. The molecular weight excluding hydrogens is 347 g/mol. The summed E-state index contributed by atoms with van der Waals surface area (Å²) in [5, 5.41) is 2.43. The largest absolute Gasteiger partial charge is 0.398 e. The third kappa shape index (κ3) is 4.33. The Morgan fingerprint density at radius 3 is 2.77 bits per heavy atom. The number of nitrogen functional groups attached to an aromatic ring is 1. The van der Waals surface area contributed by atoms with E-state index in [9.17, 15) is 22.8 Å². The van der Waals surface area contributed by atoms with Crippen molar-refractivity contribution in [3.63, 3.8) is 0 Å². The molecule has 3 N–H and O–H groups in total. The predicted molar refractivity (Wildman–Crippen MR) is 92.5 cm³/mol. The predicted octanol–water partition coefficient (Wildman–Crippen LogP) is 3.01. The van der Waals surface area contributed by atoms with E-state index in [1.807, 2.05) is 0 Å². The van der Waals surface area contributed by atoms with Crippen molar-refractivity contribution in [2.75, 3.05) is 5.73 Å². The molecule has 0 aliphatic heterocycles. The Labute approximate surface area is 147 Å². The molecule has 0 radical (unpaired) electrons. The molecule has 0 fully saturated rings. The van der Waals surface area contributed by atoms with Crippen LogP contribution in [0.2, 0.25) is 0 Å². The molecule has 26 heavy (non-hydrogen) atoms. The van der Waals surface area contributed by atoms with Gasteiger partial charge >= 0.3 is 0 Å². The van der Waals surface area contributed by atoms with Crippen LogP contribution in [0.25, 0.3) is 0 Å². The average Bonchev–Trinajstić information content (AvgIpc) is 2.59. The van der Waals surface area contributed by atoms with Crippen molar-refractivity contribution in [2.24, 2.45) is 0 Å². The van der Waals surface area contributed by atoms with Gasteiger partial charge in [-0.1, -0.05) is 24.3 Å². The number of hydrogen-bond acceptors (Lipinski definition) is 3. The first-order valence-electron chi connectivity index (χ1n) is 7.79. The van der Waals surface area contributed by atoms with Gasteiger partial charge in [0.15, 0.2) is 0 Å². The van der Waals surface area contributed by atoms with Gasteiger partial charge < -0.3 is 15.6 Å². The summed E-state index contributed by atoms with van der Waals surface area (Å²) < 4.78 is 40.8. The second-order valence-electron chi connectivity index (χ2n) is 5.56. The van der Waals surface area contributed by atoms with Crippen molar-refractivity contribution in [1.82, 2.24) is 9.88 Å². The monoisotopic (exact) mass is 365 g/mol. The maximum Gasteiger partial charge on any atom is 0.266 e. The van der Waals surface area contributed by atoms with Gasteiger partial charge in [0, 0.05) is 30.9 Å². The molecular formula is C18H18F3N3O2. The van der Waals surface area contributed by atoms with Gasteiger partial charge in [0.2, 0.25) is 0 Å². The van der Waals surface area contributed by atoms with Crippen molar-refractivity contribution in [3.05, 3.63) is 76.0 Å². The summed E-state index contributed by atoms with van der Waals surface area (Å²) in [5.41, 5.74) is 4.57. The number of aromatic nitrogens is 1. The lowest BCUT2D eigenvalue weighted by molar-refractivity contribution is 0.0950. The van der Waals surface area contributed by atoms with Crippen LogP contribution in [0.4, 0.5) is 18.9 Å². The number of alkyl halides is 2. The number of carbonyl (C=O) groups is 1. The van der Waals surface area contributed by atoms with E-state index in [0.717, 1.165) is 12.1 Å². The van der Waals surface area contributed by atoms with E-state index >= 15 is 0 Å². The summed E-state index contributed by atoms with van der Waals surface area (Å²) in [7, 11) is 0. The number of nitrogens with zero attached hydrogens (tertiary/aromatic N) is 1.